The molecule has 1 aromatic carbocycles. The van der Waals surface area contributed by atoms with E-state index >= 15 is 0 Å². The lowest BCUT2D eigenvalue weighted by molar-refractivity contribution is 0.399. The molecule has 88 valence electrons. The molecule has 0 spiro atoms. The summed E-state index contributed by atoms with van der Waals surface area (Å²) in [5, 5.41) is 1.10. The second-order valence-corrected chi connectivity index (χ2v) is 3.97. The Morgan fingerprint density at radius 1 is 1.00 bits per heavy atom. The molecule has 18 heavy (non-hydrogen) atoms. The van der Waals surface area contributed by atoms with Gasteiger partial charge in [0.2, 0.25) is 5.88 Å². The van der Waals surface area contributed by atoms with Crippen molar-refractivity contribution in [1.29, 1.82) is 0 Å². The smallest absolute Gasteiger partial charge is 0.213 e. The fourth-order valence-corrected chi connectivity index (χ4v) is 2.02. The lowest BCUT2D eigenvalue weighted by atomic mass is 10.0. The molecular formula is C15H12N2O. The van der Waals surface area contributed by atoms with Gasteiger partial charge in [-0.05, 0) is 23.8 Å². The number of pyridine rings is 2. The summed E-state index contributed by atoms with van der Waals surface area (Å²) in [6.45, 7) is 0. The van der Waals surface area contributed by atoms with E-state index in [1.807, 2.05) is 42.6 Å². The van der Waals surface area contributed by atoms with Gasteiger partial charge in [0.15, 0.2) is 0 Å². The zero-order valence-corrected chi connectivity index (χ0v) is 10.00. The molecule has 3 nitrogen and oxygen atoms in total. The minimum Gasteiger partial charge on any atom is -0.481 e. The molecular weight excluding hydrogens is 224 g/mol. The topological polar surface area (TPSA) is 35.0 Å². The Labute approximate surface area is 105 Å². The lowest BCUT2D eigenvalue weighted by Gasteiger charge is -2.07. The van der Waals surface area contributed by atoms with Crippen molar-refractivity contribution >= 4 is 10.9 Å². The van der Waals surface area contributed by atoms with E-state index in [0.717, 1.165) is 22.0 Å². The fraction of sp³-hybridized carbons (Fsp3) is 0.0667. The van der Waals surface area contributed by atoms with E-state index in [1.165, 1.54) is 0 Å². The number of rotatable bonds is 2. The number of aromatic nitrogens is 2. The molecule has 3 rings (SSSR count). The predicted molar refractivity (Wildman–Crippen MR) is 71.5 cm³/mol. The van der Waals surface area contributed by atoms with Gasteiger partial charge >= 0.3 is 0 Å². The Bertz CT molecular complexity index is 680. The molecule has 0 N–H and O–H groups in total. The van der Waals surface area contributed by atoms with Crippen LogP contribution < -0.4 is 4.74 Å². The minimum absolute atomic E-state index is 0.630. The lowest BCUT2D eigenvalue weighted by Crippen LogP contribution is -1.89. The maximum absolute atomic E-state index is 5.14. The maximum Gasteiger partial charge on any atom is 0.213 e. The molecule has 0 amide bonds. The molecule has 0 fully saturated rings. The van der Waals surface area contributed by atoms with Crippen molar-refractivity contribution in [3.8, 4) is 17.0 Å². The monoisotopic (exact) mass is 236 g/mol. The average Bonchev–Trinajstić information content (AvgIpc) is 2.47. The molecule has 0 radical (unpaired) electrons. The van der Waals surface area contributed by atoms with Crippen molar-refractivity contribution in [1.82, 2.24) is 9.97 Å². The molecule has 0 saturated heterocycles. The summed E-state index contributed by atoms with van der Waals surface area (Å²) < 4.78 is 5.14. The van der Waals surface area contributed by atoms with Gasteiger partial charge in [0.05, 0.1) is 12.6 Å². The van der Waals surface area contributed by atoms with E-state index in [0.29, 0.717) is 5.88 Å². The molecule has 2 heterocycles. The predicted octanol–water partition coefficient (Wildman–Crippen LogP) is 3.31. The van der Waals surface area contributed by atoms with Crippen LogP contribution in [0.5, 0.6) is 5.88 Å². The van der Waals surface area contributed by atoms with Crippen molar-refractivity contribution < 1.29 is 4.74 Å². The van der Waals surface area contributed by atoms with E-state index in [2.05, 4.69) is 16.0 Å². The molecule has 0 aliphatic heterocycles. The van der Waals surface area contributed by atoms with Gasteiger partial charge in [-0.3, -0.25) is 4.98 Å². The number of nitrogens with zero attached hydrogens (tertiary/aromatic N) is 2. The number of benzene rings is 1. The van der Waals surface area contributed by atoms with Crippen LogP contribution in [0, 0.1) is 0 Å². The van der Waals surface area contributed by atoms with E-state index in [4.69, 9.17) is 4.74 Å². The van der Waals surface area contributed by atoms with Crippen LogP contribution in [-0.2, 0) is 0 Å². The van der Waals surface area contributed by atoms with E-state index in [1.54, 1.807) is 13.3 Å². The highest BCUT2D eigenvalue weighted by atomic mass is 16.5. The van der Waals surface area contributed by atoms with Gasteiger partial charge in [0.1, 0.15) is 0 Å². The third-order valence-electron chi connectivity index (χ3n) is 2.89. The molecule has 0 atom stereocenters. The Balaban J connectivity index is 2.25. The zero-order valence-electron chi connectivity index (χ0n) is 10.00. The highest BCUT2D eigenvalue weighted by molar-refractivity contribution is 5.94. The van der Waals surface area contributed by atoms with Gasteiger partial charge in [0, 0.05) is 29.4 Å². The summed E-state index contributed by atoms with van der Waals surface area (Å²) in [7, 11) is 1.62. The third-order valence-corrected chi connectivity index (χ3v) is 2.89. The molecule has 0 bridgehead atoms. The van der Waals surface area contributed by atoms with Gasteiger partial charge in [0.25, 0.3) is 0 Å². The van der Waals surface area contributed by atoms with Crippen LogP contribution in [0.4, 0.5) is 0 Å². The summed E-state index contributed by atoms with van der Waals surface area (Å²) in [6, 6.07) is 13.9. The Kier molecular flexibility index (Phi) is 2.65. The van der Waals surface area contributed by atoms with Crippen LogP contribution in [-0.4, -0.2) is 17.1 Å². The second-order valence-electron chi connectivity index (χ2n) is 3.97. The Morgan fingerprint density at radius 2 is 1.94 bits per heavy atom. The van der Waals surface area contributed by atoms with Crippen molar-refractivity contribution in [3.05, 3.63) is 54.9 Å². The quantitative estimate of drug-likeness (QED) is 0.684. The Hall–Kier alpha value is -2.42. The van der Waals surface area contributed by atoms with Gasteiger partial charge in [-0.15, -0.1) is 0 Å². The standard InChI is InChI=1S/C15H12N2O/c1-18-15-8-7-13-12(5-2-6-14(13)17-15)11-4-3-9-16-10-11/h2-10H,1H3. The molecule has 0 aliphatic carbocycles. The van der Waals surface area contributed by atoms with Gasteiger partial charge < -0.3 is 4.74 Å². The van der Waals surface area contributed by atoms with Crippen LogP contribution in [0.2, 0.25) is 0 Å². The zero-order chi connectivity index (χ0) is 12.4. The fourth-order valence-electron chi connectivity index (χ4n) is 2.02. The van der Waals surface area contributed by atoms with Crippen LogP contribution in [0.25, 0.3) is 22.0 Å². The first kappa shape index (κ1) is 10.7. The normalized spacial score (nSPS) is 10.5. The van der Waals surface area contributed by atoms with Gasteiger partial charge in [-0.1, -0.05) is 18.2 Å². The highest BCUT2D eigenvalue weighted by Crippen LogP contribution is 2.28. The minimum atomic E-state index is 0.630. The van der Waals surface area contributed by atoms with Gasteiger partial charge in [-0.2, -0.15) is 0 Å². The van der Waals surface area contributed by atoms with E-state index in [9.17, 15) is 0 Å². The SMILES string of the molecule is COc1ccc2c(-c3cccnc3)cccc2n1. The molecule has 0 saturated carbocycles. The summed E-state index contributed by atoms with van der Waals surface area (Å²) in [6.07, 6.45) is 3.63. The van der Waals surface area contributed by atoms with Crippen LogP contribution in [0.1, 0.15) is 0 Å². The Morgan fingerprint density at radius 3 is 2.72 bits per heavy atom. The van der Waals surface area contributed by atoms with E-state index in [-0.39, 0.29) is 0 Å². The number of fused-ring (bicyclic) bond motifs is 1. The maximum atomic E-state index is 5.14. The van der Waals surface area contributed by atoms with Crippen LogP contribution in [0.15, 0.2) is 54.9 Å². The molecule has 2 aromatic heterocycles. The van der Waals surface area contributed by atoms with Crippen LogP contribution >= 0.6 is 0 Å². The number of hydrogen-bond donors (Lipinski definition) is 0. The van der Waals surface area contributed by atoms with Crippen molar-refractivity contribution in [3.63, 3.8) is 0 Å². The number of hydrogen-bond acceptors (Lipinski definition) is 3. The first-order valence-electron chi connectivity index (χ1n) is 5.72. The summed E-state index contributed by atoms with van der Waals surface area (Å²) in [4.78, 5) is 8.59. The van der Waals surface area contributed by atoms with Crippen LogP contribution in [0.3, 0.4) is 0 Å². The average molecular weight is 236 g/mol. The van der Waals surface area contributed by atoms with Crippen molar-refractivity contribution in [2.75, 3.05) is 7.11 Å². The largest absolute Gasteiger partial charge is 0.481 e. The molecule has 3 heteroatoms. The molecule has 0 unspecified atom stereocenters. The first-order valence-corrected chi connectivity index (χ1v) is 5.72. The second kappa shape index (κ2) is 4.45. The first-order chi connectivity index (χ1) is 8.88. The number of ether oxygens (including phenoxy) is 1. The van der Waals surface area contributed by atoms with Gasteiger partial charge in [-0.25, -0.2) is 4.98 Å². The number of methoxy groups -OCH3 is 1. The third kappa shape index (κ3) is 1.80. The molecule has 0 aliphatic rings. The highest BCUT2D eigenvalue weighted by Gasteiger charge is 2.05. The summed E-state index contributed by atoms with van der Waals surface area (Å²) >= 11 is 0. The molecule has 3 aromatic rings. The van der Waals surface area contributed by atoms with E-state index < -0.39 is 0 Å². The van der Waals surface area contributed by atoms with Crippen molar-refractivity contribution in [2.24, 2.45) is 0 Å². The summed E-state index contributed by atoms with van der Waals surface area (Å²) in [5.41, 5.74) is 3.15. The van der Waals surface area contributed by atoms with Crippen molar-refractivity contribution in [2.45, 2.75) is 0 Å². The summed E-state index contributed by atoms with van der Waals surface area (Å²) in [5.74, 6) is 0.630.